The molecule has 6 heteroatoms. The van der Waals surface area contributed by atoms with Crippen molar-refractivity contribution in [1.29, 1.82) is 0 Å². The summed E-state index contributed by atoms with van der Waals surface area (Å²) in [7, 11) is 0. The fraction of sp³-hybridized carbons (Fsp3) is 0.0625. The third-order valence-electron chi connectivity index (χ3n) is 3.11. The zero-order valence-corrected chi connectivity index (χ0v) is 13.2. The average molecular weight is 330 g/mol. The van der Waals surface area contributed by atoms with E-state index in [2.05, 4.69) is 16.9 Å². The second-order valence-electron chi connectivity index (χ2n) is 4.68. The summed E-state index contributed by atoms with van der Waals surface area (Å²) < 4.78 is 4.32. The van der Waals surface area contributed by atoms with Crippen LogP contribution in [0.5, 0.6) is 0 Å². The van der Waals surface area contributed by atoms with Gasteiger partial charge in [-0.05, 0) is 47.2 Å². The normalized spacial score (nSPS) is 10.6. The van der Waals surface area contributed by atoms with E-state index in [9.17, 15) is 4.79 Å². The Morgan fingerprint density at radius 3 is 2.73 bits per heavy atom. The van der Waals surface area contributed by atoms with Crippen LogP contribution in [0.15, 0.2) is 54.6 Å². The Morgan fingerprint density at radius 1 is 1.14 bits per heavy atom. The van der Waals surface area contributed by atoms with Crippen molar-refractivity contribution in [2.24, 2.45) is 0 Å². The molecule has 2 aromatic carbocycles. The Balaban J connectivity index is 1.68. The van der Waals surface area contributed by atoms with E-state index in [1.807, 2.05) is 36.4 Å². The Labute approximate surface area is 136 Å². The SMILES string of the molecule is O=C(NO)c1cc2cc(NSCc3ccccc3)ccc2s1. The van der Waals surface area contributed by atoms with Gasteiger partial charge in [-0.25, -0.2) is 5.48 Å². The number of benzene rings is 2. The molecule has 0 fully saturated rings. The van der Waals surface area contributed by atoms with Crippen molar-refractivity contribution in [2.75, 3.05) is 4.72 Å². The molecule has 0 atom stereocenters. The smallest absolute Gasteiger partial charge is 0.284 e. The van der Waals surface area contributed by atoms with Crippen LogP contribution in [-0.4, -0.2) is 11.1 Å². The number of hydrogen-bond acceptors (Lipinski definition) is 5. The van der Waals surface area contributed by atoms with Crippen molar-refractivity contribution in [2.45, 2.75) is 5.75 Å². The second kappa shape index (κ2) is 6.83. The van der Waals surface area contributed by atoms with Crippen molar-refractivity contribution in [3.8, 4) is 0 Å². The summed E-state index contributed by atoms with van der Waals surface area (Å²) in [4.78, 5) is 11.9. The highest BCUT2D eigenvalue weighted by Gasteiger charge is 2.09. The molecule has 0 aliphatic rings. The number of thiophene rings is 1. The maximum atomic E-state index is 11.4. The molecule has 4 nitrogen and oxygen atoms in total. The second-order valence-corrected chi connectivity index (χ2v) is 6.55. The van der Waals surface area contributed by atoms with Gasteiger partial charge in [-0.2, -0.15) is 0 Å². The van der Waals surface area contributed by atoms with Crippen LogP contribution in [0.25, 0.3) is 10.1 Å². The summed E-state index contributed by atoms with van der Waals surface area (Å²) in [6, 6.07) is 18.0. The number of carbonyl (C=O) groups is 1. The first kappa shape index (κ1) is 14.9. The highest BCUT2D eigenvalue weighted by molar-refractivity contribution is 7.99. The van der Waals surface area contributed by atoms with E-state index in [0.717, 1.165) is 21.5 Å². The van der Waals surface area contributed by atoms with Crippen LogP contribution in [0.1, 0.15) is 15.2 Å². The molecule has 0 radical (unpaired) electrons. The van der Waals surface area contributed by atoms with E-state index in [1.54, 1.807) is 23.5 Å². The van der Waals surface area contributed by atoms with Gasteiger partial charge in [-0.15, -0.1) is 11.3 Å². The maximum absolute atomic E-state index is 11.4. The van der Waals surface area contributed by atoms with E-state index in [-0.39, 0.29) is 0 Å². The molecule has 3 rings (SSSR count). The largest absolute Gasteiger partial charge is 0.329 e. The van der Waals surface area contributed by atoms with Crippen LogP contribution < -0.4 is 10.2 Å². The summed E-state index contributed by atoms with van der Waals surface area (Å²) in [6.45, 7) is 0. The molecule has 1 amide bonds. The topological polar surface area (TPSA) is 61.4 Å². The third kappa shape index (κ3) is 3.41. The summed E-state index contributed by atoms with van der Waals surface area (Å²) in [5.74, 6) is 0.398. The molecule has 1 heterocycles. The summed E-state index contributed by atoms with van der Waals surface area (Å²) >= 11 is 2.97. The van der Waals surface area contributed by atoms with Crippen LogP contribution in [0, 0.1) is 0 Å². The van der Waals surface area contributed by atoms with Gasteiger partial charge < -0.3 is 4.72 Å². The lowest BCUT2D eigenvalue weighted by molar-refractivity contribution is 0.0711. The highest BCUT2D eigenvalue weighted by Crippen LogP contribution is 2.29. The van der Waals surface area contributed by atoms with Gasteiger partial charge in [0.2, 0.25) is 0 Å². The van der Waals surface area contributed by atoms with E-state index < -0.39 is 5.91 Å². The van der Waals surface area contributed by atoms with E-state index in [4.69, 9.17) is 5.21 Å². The molecule has 0 aliphatic heterocycles. The number of hydroxylamine groups is 1. The minimum absolute atomic E-state index is 0.478. The quantitative estimate of drug-likeness (QED) is 0.371. The fourth-order valence-corrected chi connectivity index (χ4v) is 3.71. The van der Waals surface area contributed by atoms with E-state index in [1.165, 1.54) is 16.9 Å². The number of amides is 1. The first-order chi connectivity index (χ1) is 10.8. The standard InChI is InChI=1S/C16H14N2O2S2/c19-16(17-20)15-9-12-8-13(6-7-14(12)22-15)18-21-10-11-4-2-1-3-5-11/h1-9,18,20H,10H2,(H,17,19). The molecule has 1 aromatic heterocycles. The van der Waals surface area contributed by atoms with Gasteiger partial charge in [0, 0.05) is 16.1 Å². The van der Waals surface area contributed by atoms with Crippen LogP contribution in [0.2, 0.25) is 0 Å². The van der Waals surface area contributed by atoms with Crippen molar-refractivity contribution >= 4 is 45.0 Å². The molecule has 3 N–H and O–H groups in total. The van der Waals surface area contributed by atoms with E-state index in [0.29, 0.717) is 4.88 Å². The maximum Gasteiger partial charge on any atom is 0.284 e. The first-order valence-electron chi connectivity index (χ1n) is 6.66. The van der Waals surface area contributed by atoms with Crippen molar-refractivity contribution in [3.05, 3.63) is 65.0 Å². The lowest BCUT2D eigenvalue weighted by Crippen LogP contribution is -2.16. The Hall–Kier alpha value is -2.02. The van der Waals surface area contributed by atoms with Crippen molar-refractivity contribution in [1.82, 2.24) is 5.48 Å². The summed E-state index contributed by atoms with van der Waals surface area (Å²) in [5.41, 5.74) is 3.91. The van der Waals surface area contributed by atoms with Gasteiger partial charge in [0.25, 0.3) is 5.91 Å². The molecule has 22 heavy (non-hydrogen) atoms. The number of hydrogen-bond donors (Lipinski definition) is 3. The summed E-state index contributed by atoms with van der Waals surface area (Å²) in [6.07, 6.45) is 0. The van der Waals surface area contributed by atoms with E-state index >= 15 is 0 Å². The number of carbonyl (C=O) groups excluding carboxylic acids is 1. The Bertz CT molecular complexity index is 787. The third-order valence-corrected chi connectivity index (χ3v) is 5.09. The van der Waals surface area contributed by atoms with Crippen LogP contribution in [0.3, 0.4) is 0 Å². The number of rotatable bonds is 5. The molecule has 112 valence electrons. The molecule has 3 aromatic rings. The minimum atomic E-state index is -0.478. The van der Waals surface area contributed by atoms with Gasteiger partial charge in [0.15, 0.2) is 0 Å². The molecule has 0 saturated heterocycles. The van der Waals surface area contributed by atoms with Crippen LogP contribution in [-0.2, 0) is 5.75 Å². The van der Waals surface area contributed by atoms with Gasteiger partial charge in [-0.1, -0.05) is 30.3 Å². The Morgan fingerprint density at radius 2 is 1.95 bits per heavy atom. The Kier molecular flexibility index (Phi) is 4.62. The summed E-state index contributed by atoms with van der Waals surface area (Å²) in [5, 5.41) is 9.66. The zero-order chi connectivity index (χ0) is 15.4. The van der Waals surface area contributed by atoms with Gasteiger partial charge in [-0.3, -0.25) is 10.0 Å². The van der Waals surface area contributed by atoms with Crippen molar-refractivity contribution < 1.29 is 10.0 Å². The van der Waals surface area contributed by atoms with Gasteiger partial charge >= 0.3 is 0 Å². The van der Waals surface area contributed by atoms with Gasteiger partial charge in [0.1, 0.15) is 0 Å². The molecule has 0 aliphatic carbocycles. The lowest BCUT2D eigenvalue weighted by atomic mass is 10.2. The zero-order valence-electron chi connectivity index (χ0n) is 11.6. The molecule has 0 unspecified atom stereocenters. The number of nitrogens with one attached hydrogen (secondary N) is 2. The molecular weight excluding hydrogens is 316 g/mol. The average Bonchev–Trinajstić information content (AvgIpc) is 2.98. The lowest BCUT2D eigenvalue weighted by Gasteiger charge is -2.05. The predicted molar refractivity (Wildman–Crippen MR) is 92.4 cm³/mol. The van der Waals surface area contributed by atoms with Crippen molar-refractivity contribution in [3.63, 3.8) is 0 Å². The molecule has 0 bridgehead atoms. The van der Waals surface area contributed by atoms with Crippen LogP contribution in [0.4, 0.5) is 5.69 Å². The van der Waals surface area contributed by atoms with Crippen LogP contribution >= 0.6 is 23.3 Å². The number of fused-ring (bicyclic) bond motifs is 1. The minimum Gasteiger partial charge on any atom is -0.329 e. The molecular formula is C16H14N2O2S2. The molecule has 0 spiro atoms. The first-order valence-corrected chi connectivity index (χ1v) is 8.46. The predicted octanol–water partition coefficient (Wildman–Crippen LogP) is 4.28. The number of anilines is 1. The fourth-order valence-electron chi connectivity index (χ4n) is 2.05. The monoisotopic (exact) mass is 330 g/mol. The highest BCUT2D eigenvalue weighted by atomic mass is 32.2. The molecule has 0 saturated carbocycles. The van der Waals surface area contributed by atoms with Gasteiger partial charge in [0.05, 0.1) is 4.88 Å².